The number of nitrogens with zero attached hydrogens (tertiary/aromatic N) is 1. The molecule has 2 heterocycles. The van der Waals surface area contributed by atoms with E-state index in [0.717, 1.165) is 4.90 Å². The second-order valence-electron chi connectivity index (χ2n) is 7.31. The van der Waals surface area contributed by atoms with Crippen molar-refractivity contribution in [2.24, 2.45) is 11.8 Å². The van der Waals surface area contributed by atoms with Crippen molar-refractivity contribution in [3.05, 3.63) is 71.5 Å². The molecule has 0 spiro atoms. The second-order valence-corrected chi connectivity index (χ2v) is 7.31. The summed E-state index contributed by atoms with van der Waals surface area (Å²) in [5.41, 5.74) is -0.340. The lowest BCUT2D eigenvalue weighted by atomic mass is 9.75. The Kier molecular flexibility index (Phi) is 4.70. The molecule has 2 aliphatic rings. The molecule has 0 aromatic heterocycles. The maximum absolute atomic E-state index is 13.5. The fraction of sp³-hybridized carbons (Fsp3) is 0.318. The highest BCUT2D eigenvalue weighted by Gasteiger charge is 2.69. The molecule has 2 fully saturated rings. The molecule has 2 aliphatic heterocycles. The number of carbonyl (C=O) groups excluding carboxylic acids is 3. The van der Waals surface area contributed by atoms with Crippen LogP contribution in [0.2, 0.25) is 0 Å². The van der Waals surface area contributed by atoms with E-state index in [2.05, 4.69) is 5.32 Å². The Balaban J connectivity index is 1.93. The Morgan fingerprint density at radius 1 is 1.10 bits per heavy atom. The number of benzene rings is 2. The summed E-state index contributed by atoms with van der Waals surface area (Å²) < 4.78 is 18.8. The number of halogens is 1. The van der Waals surface area contributed by atoms with E-state index >= 15 is 0 Å². The van der Waals surface area contributed by atoms with Crippen molar-refractivity contribution in [1.82, 2.24) is 10.2 Å². The van der Waals surface area contributed by atoms with E-state index in [-0.39, 0.29) is 12.5 Å². The molecule has 0 radical (unpaired) electrons. The van der Waals surface area contributed by atoms with Gasteiger partial charge >= 0.3 is 5.97 Å². The summed E-state index contributed by atoms with van der Waals surface area (Å²) >= 11 is 0. The Hall–Kier alpha value is -3.06. The molecule has 0 aliphatic carbocycles. The summed E-state index contributed by atoms with van der Waals surface area (Å²) in [6, 6.07) is 13.9. The average molecular weight is 396 g/mol. The Bertz CT molecular complexity index is 963. The molecule has 2 amide bonds. The van der Waals surface area contributed by atoms with Gasteiger partial charge in [0, 0.05) is 13.1 Å². The summed E-state index contributed by atoms with van der Waals surface area (Å²) in [6.45, 7) is 1.82. The van der Waals surface area contributed by atoms with Gasteiger partial charge in [-0.3, -0.25) is 19.8 Å². The van der Waals surface area contributed by atoms with E-state index in [1.165, 1.54) is 19.2 Å². The largest absolute Gasteiger partial charge is 0.464 e. The van der Waals surface area contributed by atoms with Gasteiger partial charge in [0.05, 0.1) is 18.4 Å². The first kappa shape index (κ1) is 19.3. The highest BCUT2D eigenvalue weighted by molar-refractivity contribution is 6.09. The third kappa shape index (κ3) is 2.76. The summed E-state index contributed by atoms with van der Waals surface area (Å²) in [4.78, 5) is 40.5. The van der Waals surface area contributed by atoms with E-state index in [4.69, 9.17) is 4.74 Å². The van der Waals surface area contributed by atoms with Crippen molar-refractivity contribution in [1.29, 1.82) is 0 Å². The molecule has 2 saturated heterocycles. The van der Waals surface area contributed by atoms with E-state index < -0.39 is 41.1 Å². The zero-order valence-corrected chi connectivity index (χ0v) is 16.1. The van der Waals surface area contributed by atoms with Gasteiger partial charge in [0.25, 0.3) is 0 Å². The minimum absolute atomic E-state index is 0.131. The normalized spacial score (nSPS) is 28.5. The highest BCUT2D eigenvalue weighted by Crippen LogP contribution is 2.53. The quantitative estimate of drug-likeness (QED) is 0.633. The summed E-state index contributed by atoms with van der Waals surface area (Å²) in [5, 5.41) is 3.26. The van der Waals surface area contributed by atoms with Crippen LogP contribution in [-0.4, -0.2) is 36.3 Å². The number of esters is 1. The van der Waals surface area contributed by atoms with Gasteiger partial charge in [0.1, 0.15) is 5.82 Å². The minimum atomic E-state index is -1.52. The topological polar surface area (TPSA) is 75.7 Å². The standard InChI is InChI=1S/C22H21FN2O4/c1-3-29-21(28)22(14-7-5-4-6-8-14)17-16(19(26)25(2)20(17)27)18(24-22)13-9-11-15(23)12-10-13/h4-12,16-18,24H,3H2,1-2H3/t16-,17+,18-,22-/m1/s1. The Morgan fingerprint density at radius 3 is 2.38 bits per heavy atom. The highest BCUT2D eigenvalue weighted by atomic mass is 19.1. The van der Waals surface area contributed by atoms with Crippen LogP contribution < -0.4 is 5.32 Å². The third-order valence-corrected chi connectivity index (χ3v) is 5.84. The van der Waals surface area contributed by atoms with Gasteiger partial charge in [-0.05, 0) is 30.2 Å². The second kappa shape index (κ2) is 7.08. The SMILES string of the molecule is CCOC(=O)[C@]1(c2ccccc2)N[C@H](c2ccc(F)cc2)[C@@H]2C(=O)N(C)C(=O)[C@H]21. The first-order valence-electron chi connectivity index (χ1n) is 9.49. The van der Waals surface area contributed by atoms with Crippen LogP contribution in [0.25, 0.3) is 0 Å². The molecule has 0 saturated carbocycles. The molecule has 2 aromatic rings. The Morgan fingerprint density at radius 2 is 1.76 bits per heavy atom. The molecule has 7 heteroatoms. The molecule has 0 bridgehead atoms. The van der Waals surface area contributed by atoms with Crippen molar-refractivity contribution in [2.45, 2.75) is 18.5 Å². The third-order valence-electron chi connectivity index (χ3n) is 5.84. The summed E-state index contributed by atoms with van der Waals surface area (Å²) in [7, 11) is 1.42. The number of fused-ring (bicyclic) bond motifs is 1. The lowest BCUT2D eigenvalue weighted by molar-refractivity contribution is -0.156. The number of nitrogens with one attached hydrogen (secondary N) is 1. The van der Waals surface area contributed by atoms with Gasteiger partial charge in [-0.2, -0.15) is 0 Å². The van der Waals surface area contributed by atoms with E-state index in [1.54, 1.807) is 49.4 Å². The van der Waals surface area contributed by atoms with Crippen molar-refractivity contribution >= 4 is 17.8 Å². The molecule has 29 heavy (non-hydrogen) atoms. The molecular weight excluding hydrogens is 375 g/mol. The predicted octanol–water partition coefficient (Wildman–Crippen LogP) is 2.16. The molecular formula is C22H21FN2O4. The average Bonchev–Trinajstić information content (AvgIpc) is 3.20. The van der Waals surface area contributed by atoms with Crippen LogP contribution in [0.5, 0.6) is 0 Å². The van der Waals surface area contributed by atoms with Gasteiger partial charge in [-0.15, -0.1) is 0 Å². The van der Waals surface area contributed by atoms with Crippen molar-refractivity contribution in [3.63, 3.8) is 0 Å². The van der Waals surface area contributed by atoms with Gasteiger partial charge in [-0.1, -0.05) is 42.5 Å². The van der Waals surface area contributed by atoms with Crippen molar-refractivity contribution in [3.8, 4) is 0 Å². The van der Waals surface area contributed by atoms with Crippen LogP contribution in [0.3, 0.4) is 0 Å². The fourth-order valence-corrected chi connectivity index (χ4v) is 4.52. The fourth-order valence-electron chi connectivity index (χ4n) is 4.52. The smallest absolute Gasteiger partial charge is 0.331 e. The lowest BCUT2D eigenvalue weighted by Crippen LogP contribution is -2.53. The van der Waals surface area contributed by atoms with Gasteiger partial charge in [0.2, 0.25) is 11.8 Å². The van der Waals surface area contributed by atoms with E-state index in [0.29, 0.717) is 11.1 Å². The van der Waals surface area contributed by atoms with Crippen LogP contribution in [-0.2, 0) is 24.7 Å². The Labute approximate surface area is 167 Å². The van der Waals surface area contributed by atoms with Crippen LogP contribution in [0.15, 0.2) is 54.6 Å². The number of imide groups is 1. The number of hydrogen-bond acceptors (Lipinski definition) is 5. The van der Waals surface area contributed by atoms with E-state index in [9.17, 15) is 18.8 Å². The van der Waals surface area contributed by atoms with Gasteiger partial charge in [0.15, 0.2) is 5.54 Å². The molecule has 150 valence electrons. The lowest BCUT2D eigenvalue weighted by Gasteiger charge is -2.33. The first-order chi connectivity index (χ1) is 13.9. The molecule has 0 unspecified atom stereocenters. The summed E-state index contributed by atoms with van der Waals surface area (Å²) in [5.74, 6) is -3.59. The van der Waals surface area contributed by atoms with Gasteiger partial charge < -0.3 is 4.74 Å². The number of likely N-dealkylation sites (tertiary alicyclic amines) is 1. The number of hydrogen-bond donors (Lipinski definition) is 1. The van der Waals surface area contributed by atoms with Crippen molar-refractivity contribution < 1.29 is 23.5 Å². The zero-order valence-electron chi connectivity index (χ0n) is 16.1. The number of ether oxygens (including phenoxy) is 1. The maximum atomic E-state index is 13.5. The number of carbonyl (C=O) groups is 3. The van der Waals surface area contributed by atoms with Crippen LogP contribution >= 0.6 is 0 Å². The maximum Gasteiger partial charge on any atom is 0.331 e. The van der Waals surface area contributed by atoms with Crippen LogP contribution in [0.1, 0.15) is 24.1 Å². The van der Waals surface area contributed by atoms with Gasteiger partial charge in [-0.25, -0.2) is 9.18 Å². The van der Waals surface area contributed by atoms with Crippen LogP contribution in [0.4, 0.5) is 4.39 Å². The first-order valence-corrected chi connectivity index (χ1v) is 9.49. The minimum Gasteiger partial charge on any atom is -0.464 e. The van der Waals surface area contributed by atoms with Crippen LogP contribution in [0, 0.1) is 17.7 Å². The predicted molar refractivity (Wildman–Crippen MR) is 102 cm³/mol. The molecule has 6 nitrogen and oxygen atoms in total. The van der Waals surface area contributed by atoms with E-state index in [1.807, 2.05) is 0 Å². The molecule has 1 N–H and O–H groups in total. The summed E-state index contributed by atoms with van der Waals surface area (Å²) in [6.07, 6.45) is 0. The monoisotopic (exact) mass is 396 g/mol. The number of amides is 2. The van der Waals surface area contributed by atoms with Crippen molar-refractivity contribution in [2.75, 3.05) is 13.7 Å². The number of rotatable bonds is 4. The molecule has 4 atom stereocenters. The molecule has 4 rings (SSSR count). The zero-order chi connectivity index (χ0) is 20.8. The molecule has 2 aromatic carbocycles.